The van der Waals surface area contributed by atoms with Crippen LogP contribution in [0, 0.1) is 0 Å². The Balaban J connectivity index is 1.66. The maximum Gasteiger partial charge on any atom is 0.294 e. The summed E-state index contributed by atoms with van der Waals surface area (Å²) in [6.07, 6.45) is 0.487. The highest BCUT2D eigenvalue weighted by molar-refractivity contribution is 5.99. The molecule has 3 N–H and O–H groups in total. The zero-order valence-electron chi connectivity index (χ0n) is 18.7. The van der Waals surface area contributed by atoms with Crippen LogP contribution in [0.5, 0.6) is 11.5 Å². The first-order chi connectivity index (χ1) is 16.5. The summed E-state index contributed by atoms with van der Waals surface area (Å²) in [6.45, 7) is 1.80. The van der Waals surface area contributed by atoms with E-state index in [0.717, 1.165) is 11.3 Å². The molecule has 0 unspecified atom stereocenters. The minimum Gasteiger partial charge on any atom is -0.497 e. The second-order valence-corrected chi connectivity index (χ2v) is 7.18. The molecule has 0 saturated heterocycles. The molecule has 2 heterocycles. The number of para-hydroxylation sites is 1. The molecule has 174 valence electrons. The van der Waals surface area contributed by atoms with Gasteiger partial charge < -0.3 is 15.2 Å². The molecule has 1 amide bonds. The van der Waals surface area contributed by atoms with Gasteiger partial charge in [0, 0.05) is 17.7 Å². The van der Waals surface area contributed by atoms with E-state index in [1.807, 2.05) is 24.3 Å². The number of benzene rings is 2. The van der Waals surface area contributed by atoms with Gasteiger partial charge >= 0.3 is 0 Å². The zero-order valence-corrected chi connectivity index (χ0v) is 18.7. The maximum atomic E-state index is 13.1. The van der Waals surface area contributed by atoms with Gasteiger partial charge in [-0.05, 0) is 41.0 Å². The van der Waals surface area contributed by atoms with Gasteiger partial charge in [-0.15, -0.1) is 5.10 Å². The van der Waals surface area contributed by atoms with Crippen LogP contribution in [0.25, 0.3) is 17.1 Å². The number of aromatic nitrogens is 5. The first-order valence-electron chi connectivity index (χ1n) is 10.2. The zero-order chi connectivity index (χ0) is 24.1. The lowest BCUT2D eigenvalue weighted by Gasteiger charge is -2.09. The summed E-state index contributed by atoms with van der Waals surface area (Å²) in [6, 6.07) is 14.6. The van der Waals surface area contributed by atoms with Crippen LogP contribution in [0.2, 0.25) is 0 Å². The van der Waals surface area contributed by atoms with Gasteiger partial charge in [-0.1, -0.05) is 35.5 Å². The average Bonchev–Trinajstić information content (AvgIpc) is 3.49. The largest absolute Gasteiger partial charge is 0.497 e. The number of carbonyl (C=O) groups excluding carboxylic acids is 1. The van der Waals surface area contributed by atoms with E-state index in [2.05, 4.69) is 35.8 Å². The number of nitrogens with zero attached hydrogens (tertiary/aromatic N) is 6. The second kappa shape index (κ2) is 9.81. The Labute approximate surface area is 194 Å². The SMILES string of the molecule is COc1cccc(-c2c(C(=O)NN=C(C)Cc3ccccc3OC)nnn2-c2nonc2N)c1. The first kappa shape index (κ1) is 22.5. The summed E-state index contributed by atoms with van der Waals surface area (Å²) < 4.78 is 16.6. The standard InChI is InChI=1S/C22H22N8O4/c1-13(11-14-7-4-5-10-17(14)33-3)24-26-22(31)18-19(15-8-6-9-16(12-15)32-2)30(29-25-18)21-20(23)27-34-28-21/h4-10,12H,11H2,1-3H3,(H2,23,27)(H,26,31). The van der Waals surface area contributed by atoms with Gasteiger partial charge in [0.1, 0.15) is 17.2 Å². The van der Waals surface area contributed by atoms with Crippen molar-refractivity contribution < 1.29 is 18.9 Å². The van der Waals surface area contributed by atoms with E-state index in [9.17, 15) is 4.79 Å². The highest BCUT2D eigenvalue weighted by Gasteiger charge is 2.25. The minimum absolute atomic E-state index is 0.00416. The third-order valence-corrected chi connectivity index (χ3v) is 4.91. The molecule has 0 radical (unpaired) electrons. The summed E-state index contributed by atoms with van der Waals surface area (Å²) in [5.41, 5.74) is 10.9. The molecule has 0 aliphatic heterocycles. The van der Waals surface area contributed by atoms with Crippen LogP contribution in [0.1, 0.15) is 23.0 Å². The lowest BCUT2D eigenvalue weighted by molar-refractivity contribution is 0.0950. The van der Waals surface area contributed by atoms with Crippen LogP contribution in [0.3, 0.4) is 0 Å². The van der Waals surface area contributed by atoms with E-state index in [1.165, 1.54) is 4.68 Å². The molecular weight excluding hydrogens is 440 g/mol. The van der Waals surface area contributed by atoms with Crippen molar-refractivity contribution in [3.8, 4) is 28.6 Å². The van der Waals surface area contributed by atoms with Crippen molar-refractivity contribution in [2.24, 2.45) is 5.10 Å². The van der Waals surface area contributed by atoms with Crippen molar-refractivity contribution in [1.82, 2.24) is 30.7 Å². The van der Waals surface area contributed by atoms with E-state index >= 15 is 0 Å². The van der Waals surface area contributed by atoms with Crippen LogP contribution >= 0.6 is 0 Å². The Hall–Kier alpha value is -4.74. The van der Waals surface area contributed by atoms with Crippen molar-refractivity contribution in [2.45, 2.75) is 13.3 Å². The van der Waals surface area contributed by atoms with E-state index in [4.69, 9.17) is 15.2 Å². The molecule has 0 spiro atoms. The molecule has 4 rings (SSSR count). The molecule has 34 heavy (non-hydrogen) atoms. The van der Waals surface area contributed by atoms with Gasteiger partial charge in [0.15, 0.2) is 5.69 Å². The van der Waals surface area contributed by atoms with E-state index in [1.54, 1.807) is 45.4 Å². The van der Waals surface area contributed by atoms with Gasteiger partial charge in [-0.2, -0.15) is 9.78 Å². The maximum absolute atomic E-state index is 13.1. The van der Waals surface area contributed by atoms with Gasteiger partial charge in [0.05, 0.1) is 14.2 Å². The highest BCUT2D eigenvalue weighted by Crippen LogP contribution is 2.29. The van der Waals surface area contributed by atoms with Crippen molar-refractivity contribution >= 4 is 17.4 Å². The number of anilines is 1. The summed E-state index contributed by atoms with van der Waals surface area (Å²) in [5, 5.41) is 19.7. The molecular formula is C22H22N8O4. The molecule has 2 aromatic heterocycles. The number of hydrogen-bond donors (Lipinski definition) is 2. The fraction of sp³-hybridized carbons (Fsp3) is 0.182. The summed E-state index contributed by atoms with van der Waals surface area (Å²) in [4.78, 5) is 13.1. The van der Waals surface area contributed by atoms with Gasteiger partial charge in [-0.3, -0.25) is 4.79 Å². The molecule has 0 fully saturated rings. The molecule has 2 aromatic carbocycles. The van der Waals surface area contributed by atoms with Gasteiger partial charge in [0.2, 0.25) is 11.6 Å². The Kier molecular flexibility index (Phi) is 6.48. The number of rotatable bonds is 8. The van der Waals surface area contributed by atoms with Crippen molar-refractivity contribution in [3.63, 3.8) is 0 Å². The van der Waals surface area contributed by atoms with E-state index in [-0.39, 0.29) is 17.3 Å². The molecule has 0 bridgehead atoms. The van der Waals surface area contributed by atoms with E-state index in [0.29, 0.717) is 29.1 Å². The quantitative estimate of drug-likeness (QED) is 0.296. The van der Waals surface area contributed by atoms with E-state index < -0.39 is 5.91 Å². The van der Waals surface area contributed by atoms with Crippen LogP contribution in [-0.2, 0) is 6.42 Å². The van der Waals surface area contributed by atoms with Crippen molar-refractivity contribution in [3.05, 3.63) is 59.8 Å². The molecule has 0 aliphatic carbocycles. The second-order valence-electron chi connectivity index (χ2n) is 7.18. The number of nitrogens with two attached hydrogens (primary N) is 1. The number of nitrogens with one attached hydrogen (secondary N) is 1. The summed E-state index contributed by atoms with van der Waals surface area (Å²) >= 11 is 0. The lowest BCUT2D eigenvalue weighted by Crippen LogP contribution is -2.21. The number of hydrazone groups is 1. The Morgan fingerprint density at radius 2 is 1.97 bits per heavy atom. The Bertz CT molecular complexity index is 1340. The van der Waals surface area contributed by atoms with Crippen molar-refractivity contribution in [2.75, 3.05) is 20.0 Å². The van der Waals surface area contributed by atoms with Crippen LogP contribution in [0.15, 0.2) is 58.3 Å². The van der Waals surface area contributed by atoms with Crippen LogP contribution in [0.4, 0.5) is 5.82 Å². The number of hydrogen-bond acceptors (Lipinski definition) is 10. The van der Waals surface area contributed by atoms with Crippen molar-refractivity contribution in [1.29, 1.82) is 0 Å². The highest BCUT2D eigenvalue weighted by atomic mass is 16.6. The number of amides is 1. The molecule has 12 nitrogen and oxygen atoms in total. The van der Waals surface area contributed by atoms with Gasteiger partial charge in [0.25, 0.3) is 5.91 Å². The average molecular weight is 462 g/mol. The Morgan fingerprint density at radius 1 is 1.15 bits per heavy atom. The third-order valence-electron chi connectivity index (χ3n) is 4.91. The predicted octanol–water partition coefficient (Wildman–Crippen LogP) is 2.27. The summed E-state index contributed by atoms with van der Waals surface area (Å²) in [7, 11) is 3.15. The molecule has 4 aromatic rings. The molecule has 0 saturated carbocycles. The number of carbonyl (C=O) groups is 1. The normalized spacial score (nSPS) is 11.3. The smallest absolute Gasteiger partial charge is 0.294 e. The number of nitrogen functional groups attached to an aromatic ring is 1. The Morgan fingerprint density at radius 3 is 2.71 bits per heavy atom. The topological polar surface area (TPSA) is 156 Å². The molecule has 12 heteroatoms. The fourth-order valence-electron chi connectivity index (χ4n) is 3.31. The first-order valence-corrected chi connectivity index (χ1v) is 10.2. The van der Waals surface area contributed by atoms with Gasteiger partial charge in [-0.25, -0.2) is 10.1 Å². The minimum atomic E-state index is -0.571. The predicted molar refractivity (Wildman–Crippen MR) is 123 cm³/mol. The number of methoxy groups -OCH3 is 2. The monoisotopic (exact) mass is 462 g/mol. The molecule has 0 atom stereocenters. The van der Waals surface area contributed by atoms with Crippen LogP contribution < -0.4 is 20.6 Å². The fourth-order valence-corrected chi connectivity index (χ4v) is 3.31. The lowest BCUT2D eigenvalue weighted by atomic mass is 10.1. The molecule has 0 aliphatic rings. The van der Waals surface area contributed by atoms with Crippen LogP contribution in [-0.4, -0.2) is 51.1 Å². The number of ether oxygens (including phenoxy) is 2. The summed E-state index contributed by atoms with van der Waals surface area (Å²) in [5.74, 6) is 0.837. The third kappa shape index (κ3) is 4.55.